The van der Waals surface area contributed by atoms with Gasteiger partial charge in [-0.05, 0) is 71.1 Å². The van der Waals surface area contributed by atoms with Gasteiger partial charge in [-0.2, -0.15) is 0 Å². The summed E-state index contributed by atoms with van der Waals surface area (Å²) in [5, 5.41) is 7.42. The van der Waals surface area contributed by atoms with Gasteiger partial charge in [-0.3, -0.25) is 0 Å². The molecule has 0 saturated heterocycles. The summed E-state index contributed by atoms with van der Waals surface area (Å²) >= 11 is 1.84. The van der Waals surface area contributed by atoms with Gasteiger partial charge in [-0.15, -0.1) is 11.3 Å². The molecular formula is C37H21NO2S. The minimum atomic E-state index is -0.311. The minimum absolute atomic E-state index is 0.311. The first-order chi connectivity index (χ1) is 20.2. The predicted octanol–water partition coefficient (Wildman–Crippen LogP) is 10.1. The van der Waals surface area contributed by atoms with Crippen LogP contribution in [0.5, 0.6) is 0 Å². The number of nitrogens with zero attached hydrogens (tertiary/aromatic N) is 1. The summed E-state index contributed by atoms with van der Waals surface area (Å²) in [6.07, 6.45) is 0. The van der Waals surface area contributed by atoms with Gasteiger partial charge < -0.3 is 8.98 Å². The molecule has 0 aliphatic rings. The average molecular weight is 544 g/mol. The number of benzene rings is 6. The van der Waals surface area contributed by atoms with E-state index in [9.17, 15) is 4.79 Å². The second-order valence-corrected chi connectivity index (χ2v) is 11.6. The molecule has 3 heterocycles. The molecule has 9 aromatic rings. The van der Waals surface area contributed by atoms with E-state index in [1.165, 1.54) is 36.5 Å². The molecule has 9 rings (SSSR count). The van der Waals surface area contributed by atoms with Crippen molar-refractivity contribution in [2.24, 2.45) is 0 Å². The van der Waals surface area contributed by atoms with E-state index in [4.69, 9.17) is 4.42 Å². The maximum atomic E-state index is 12.9. The van der Waals surface area contributed by atoms with E-state index in [2.05, 4.69) is 95.6 Å². The van der Waals surface area contributed by atoms with E-state index in [-0.39, 0.29) is 5.63 Å². The SMILES string of the molecule is O=c1oc2ccccc2c2ccc(-c3ccc4c(c3)c3ccccc3n4-c3ccc4sc5ccccc5c4c3)cc12. The highest BCUT2D eigenvalue weighted by atomic mass is 32.1. The summed E-state index contributed by atoms with van der Waals surface area (Å²) in [6.45, 7) is 0. The van der Waals surface area contributed by atoms with Gasteiger partial charge in [-0.25, -0.2) is 4.79 Å². The minimum Gasteiger partial charge on any atom is -0.422 e. The maximum absolute atomic E-state index is 12.9. The second-order valence-electron chi connectivity index (χ2n) is 10.5. The molecule has 3 nitrogen and oxygen atoms in total. The Hall–Kier alpha value is -5.19. The van der Waals surface area contributed by atoms with Crippen molar-refractivity contribution in [2.45, 2.75) is 0 Å². The highest BCUT2D eigenvalue weighted by molar-refractivity contribution is 7.25. The van der Waals surface area contributed by atoms with Crippen LogP contribution in [0.15, 0.2) is 137 Å². The summed E-state index contributed by atoms with van der Waals surface area (Å²) in [5.74, 6) is 0. The fourth-order valence-electron chi connectivity index (χ4n) is 6.34. The van der Waals surface area contributed by atoms with E-state index >= 15 is 0 Å². The lowest BCUT2D eigenvalue weighted by Crippen LogP contribution is -2.00. The third kappa shape index (κ3) is 3.28. The summed E-state index contributed by atoms with van der Waals surface area (Å²) in [4.78, 5) is 12.9. The van der Waals surface area contributed by atoms with Gasteiger partial charge >= 0.3 is 5.63 Å². The Kier molecular flexibility index (Phi) is 4.63. The fourth-order valence-corrected chi connectivity index (χ4v) is 7.43. The van der Waals surface area contributed by atoms with Crippen LogP contribution in [-0.2, 0) is 0 Å². The smallest absolute Gasteiger partial charge is 0.344 e. The summed E-state index contributed by atoms with van der Waals surface area (Å²) in [7, 11) is 0. The van der Waals surface area contributed by atoms with Crippen molar-refractivity contribution >= 4 is 75.1 Å². The summed E-state index contributed by atoms with van der Waals surface area (Å²) < 4.78 is 10.6. The lowest BCUT2D eigenvalue weighted by Gasteiger charge is -2.09. The van der Waals surface area contributed by atoms with Gasteiger partial charge in [-0.1, -0.05) is 72.8 Å². The molecule has 3 aromatic heterocycles. The van der Waals surface area contributed by atoms with Crippen LogP contribution < -0.4 is 5.63 Å². The molecule has 0 bridgehead atoms. The van der Waals surface area contributed by atoms with Crippen molar-refractivity contribution in [3.63, 3.8) is 0 Å². The van der Waals surface area contributed by atoms with Crippen LogP contribution in [0, 0.1) is 0 Å². The molecule has 6 aromatic carbocycles. The third-order valence-corrected chi connectivity index (χ3v) is 9.40. The first-order valence-electron chi connectivity index (χ1n) is 13.6. The first kappa shape index (κ1) is 22.6. The molecule has 4 heteroatoms. The number of hydrogen-bond acceptors (Lipinski definition) is 3. The van der Waals surface area contributed by atoms with Crippen molar-refractivity contribution in [2.75, 3.05) is 0 Å². The molecule has 0 spiro atoms. The lowest BCUT2D eigenvalue weighted by molar-refractivity contribution is 0.569. The van der Waals surface area contributed by atoms with Gasteiger partial charge in [0.2, 0.25) is 0 Å². The van der Waals surface area contributed by atoms with Gasteiger partial charge in [0.1, 0.15) is 5.58 Å². The second kappa shape index (κ2) is 8.40. The number of hydrogen-bond donors (Lipinski definition) is 0. The molecule has 0 saturated carbocycles. The van der Waals surface area contributed by atoms with Crippen molar-refractivity contribution < 1.29 is 4.42 Å². The predicted molar refractivity (Wildman–Crippen MR) is 173 cm³/mol. The van der Waals surface area contributed by atoms with E-state index in [1.54, 1.807) is 0 Å². The number of thiophene rings is 1. The molecule has 0 aliphatic heterocycles. The zero-order valence-corrected chi connectivity index (χ0v) is 22.6. The number of aromatic nitrogens is 1. The van der Waals surface area contributed by atoms with Crippen molar-refractivity contribution in [3.8, 4) is 16.8 Å². The Morgan fingerprint density at radius 3 is 2.07 bits per heavy atom. The monoisotopic (exact) mass is 543 g/mol. The first-order valence-corrected chi connectivity index (χ1v) is 14.5. The Balaban J connectivity index is 1.26. The molecule has 0 aliphatic carbocycles. The largest absolute Gasteiger partial charge is 0.422 e. The van der Waals surface area contributed by atoms with Crippen LogP contribution in [0.2, 0.25) is 0 Å². The van der Waals surface area contributed by atoms with Crippen LogP contribution in [0.4, 0.5) is 0 Å². The zero-order valence-electron chi connectivity index (χ0n) is 21.8. The molecule has 0 amide bonds. The van der Waals surface area contributed by atoms with E-state index in [0.29, 0.717) is 11.0 Å². The van der Waals surface area contributed by atoms with Gasteiger partial charge in [0.15, 0.2) is 0 Å². The number of rotatable bonds is 2. The molecule has 0 radical (unpaired) electrons. The summed E-state index contributed by atoms with van der Waals surface area (Å²) in [5.41, 5.74) is 5.83. The molecule has 0 atom stereocenters. The van der Waals surface area contributed by atoms with Crippen molar-refractivity contribution in [1.82, 2.24) is 4.57 Å². The molecule has 0 fully saturated rings. The lowest BCUT2D eigenvalue weighted by atomic mass is 9.99. The van der Waals surface area contributed by atoms with Gasteiger partial charge in [0, 0.05) is 42.0 Å². The average Bonchev–Trinajstić information content (AvgIpc) is 3.56. The molecule has 41 heavy (non-hydrogen) atoms. The topological polar surface area (TPSA) is 35.1 Å². The zero-order chi connectivity index (χ0) is 27.1. The maximum Gasteiger partial charge on any atom is 0.344 e. The van der Waals surface area contributed by atoms with E-state index in [0.717, 1.165) is 33.1 Å². The van der Waals surface area contributed by atoms with Crippen molar-refractivity contribution in [1.29, 1.82) is 0 Å². The standard InChI is InChI=1S/C37H21NO2S/c39-37-31-20-22(13-16-25(31)27-8-2-5-11-34(27)40-37)23-14-17-33-29(19-23)26-7-1-4-10-32(26)38(33)24-15-18-36-30(21-24)28-9-3-6-12-35(28)41-36/h1-21H. The molecular weight excluding hydrogens is 522 g/mol. The number of fused-ring (bicyclic) bond motifs is 9. The Labute approximate surface area is 238 Å². The van der Waals surface area contributed by atoms with Crippen LogP contribution in [0.25, 0.3) is 80.5 Å². The molecule has 192 valence electrons. The highest BCUT2D eigenvalue weighted by Crippen LogP contribution is 2.39. The van der Waals surface area contributed by atoms with Gasteiger partial charge in [0.25, 0.3) is 0 Å². The summed E-state index contributed by atoms with van der Waals surface area (Å²) in [6, 6.07) is 44.4. The van der Waals surface area contributed by atoms with Crippen molar-refractivity contribution in [3.05, 3.63) is 138 Å². The molecule has 0 N–H and O–H groups in total. The quantitative estimate of drug-likeness (QED) is 0.161. The number of para-hydroxylation sites is 2. The Morgan fingerprint density at radius 1 is 0.488 bits per heavy atom. The Morgan fingerprint density at radius 2 is 1.17 bits per heavy atom. The van der Waals surface area contributed by atoms with Crippen LogP contribution >= 0.6 is 11.3 Å². The highest BCUT2D eigenvalue weighted by Gasteiger charge is 2.15. The van der Waals surface area contributed by atoms with Crippen LogP contribution in [0.3, 0.4) is 0 Å². The van der Waals surface area contributed by atoms with E-state index in [1.807, 2.05) is 47.7 Å². The fraction of sp³-hybridized carbons (Fsp3) is 0. The normalized spacial score (nSPS) is 12.0. The van der Waals surface area contributed by atoms with Crippen LogP contribution in [-0.4, -0.2) is 4.57 Å². The van der Waals surface area contributed by atoms with Gasteiger partial charge in [0.05, 0.1) is 16.4 Å². The molecule has 0 unspecified atom stereocenters. The third-order valence-electron chi connectivity index (χ3n) is 8.24. The Bertz CT molecular complexity index is 2570. The van der Waals surface area contributed by atoms with Crippen LogP contribution in [0.1, 0.15) is 0 Å². The van der Waals surface area contributed by atoms with E-state index < -0.39 is 0 Å².